The number of hydrogen-bond donors (Lipinski definition) is 1. The van der Waals surface area contributed by atoms with Crippen LogP contribution in [0.2, 0.25) is 5.02 Å². The molecule has 0 bridgehead atoms. The first-order valence-electron chi connectivity index (χ1n) is 6.96. The highest BCUT2D eigenvalue weighted by Crippen LogP contribution is 2.37. The Balaban J connectivity index is 1.92. The van der Waals surface area contributed by atoms with E-state index in [2.05, 4.69) is 20.5 Å². The predicted octanol–water partition coefficient (Wildman–Crippen LogP) is 4.60. The lowest BCUT2D eigenvalue weighted by atomic mass is 10.3. The number of ether oxygens (including phenoxy) is 1. The zero-order valence-corrected chi connectivity index (χ0v) is 15.0. The Hall–Kier alpha value is -1.10. The molecule has 0 aromatic carbocycles. The van der Waals surface area contributed by atoms with Crippen LogP contribution in [0.3, 0.4) is 0 Å². The Morgan fingerprint density at radius 1 is 1.38 bits per heavy atom. The van der Waals surface area contributed by atoms with Gasteiger partial charge in [-0.15, -0.1) is 10.2 Å². The second kappa shape index (κ2) is 8.84. The van der Waals surface area contributed by atoms with Crippen LogP contribution in [-0.2, 0) is 10.9 Å². The lowest BCUT2D eigenvalue weighted by Gasteiger charge is -2.07. The molecule has 0 unspecified atom stereocenters. The third-order valence-corrected chi connectivity index (χ3v) is 5.02. The van der Waals surface area contributed by atoms with Crippen LogP contribution in [0.4, 0.5) is 18.3 Å². The van der Waals surface area contributed by atoms with Gasteiger partial charge in [0.25, 0.3) is 0 Å². The van der Waals surface area contributed by atoms with Gasteiger partial charge in [0.1, 0.15) is 5.03 Å². The molecular formula is C13H14ClF3N4OS2. The summed E-state index contributed by atoms with van der Waals surface area (Å²) in [5.74, 6) is 0. The van der Waals surface area contributed by atoms with Gasteiger partial charge in [-0.3, -0.25) is 0 Å². The Labute approximate surface area is 150 Å². The summed E-state index contributed by atoms with van der Waals surface area (Å²) in [5, 5.41) is 11.8. The summed E-state index contributed by atoms with van der Waals surface area (Å²) in [6.45, 7) is 3.97. The molecular weight excluding hydrogens is 385 g/mol. The van der Waals surface area contributed by atoms with E-state index in [0.29, 0.717) is 29.2 Å². The number of aromatic nitrogens is 3. The molecule has 0 spiro atoms. The maximum atomic E-state index is 12.6. The van der Waals surface area contributed by atoms with Gasteiger partial charge in [-0.05, 0) is 31.2 Å². The van der Waals surface area contributed by atoms with Crippen LogP contribution in [0.5, 0.6) is 0 Å². The minimum absolute atomic E-state index is 0.0729. The molecule has 24 heavy (non-hydrogen) atoms. The van der Waals surface area contributed by atoms with Crippen molar-refractivity contribution in [1.29, 1.82) is 0 Å². The molecule has 0 amide bonds. The predicted molar refractivity (Wildman–Crippen MR) is 87.9 cm³/mol. The van der Waals surface area contributed by atoms with Crippen molar-refractivity contribution in [2.75, 3.05) is 25.1 Å². The van der Waals surface area contributed by atoms with Gasteiger partial charge in [-0.1, -0.05) is 22.9 Å². The Bertz CT molecular complexity index is 669. The number of nitrogens with one attached hydrogen (secondary N) is 1. The van der Waals surface area contributed by atoms with Gasteiger partial charge in [0, 0.05) is 26.0 Å². The first-order valence-corrected chi connectivity index (χ1v) is 8.97. The summed E-state index contributed by atoms with van der Waals surface area (Å²) in [5.41, 5.74) is -0.884. The van der Waals surface area contributed by atoms with Crippen molar-refractivity contribution in [3.8, 4) is 0 Å². The van der Waals surface area contributed by atoms with E-state index < -0.39 is 11.7 Å². The maximum absolute atomic E-state index is 12.6. The summed E-state index contributed by atoms with van der Waals surface area (Å²) in [7, 11) is 0. The molecule has 2 aromatic heterocycles. The quantitative estimate of drug-likeness (QED) is 0.656. The minimum atomic E-state index is -4.47. The molecule has 5 nitrogen and oxygen atoms in total. The number of pyridine rings is 1. The molecule has 0 aliphatic rings. The largest absolute Gasteiger partial charge is 0.417 e. The average Bonchev–Trinajstić information content (AvgIpc) is 2.95. The van der Waals surface area contributed by atoms with Crippen LogP contribution < -0.4 is 5.32 Å². The Morgan fingerprint density at radius 2 is 2.17 bits per heavy atom. The molecule has 2 heterocycles. The van der Waals surface area contributed by atoms with Crippen LogP contribution in [0, 0.1) is 0 Å². The molecule has 132 valence electrons. The van der Waals surface area contributed by atoms with Crippen molar-refractivity contribution in [2.24, 2.45) is 0 Å². The maximum Gasteiger partial charge on any atom is 0.417 e. The van der Waals surface area contributed by atoms with Crippen molar-refractivity contribution in [3.63, 3.8) is 0 Å². The van der Waals surface area contributed by atoms with Crippen LogP contribution >= 0.6 is 34.7 Å². The van der Waals surface area contributed by atoms with E-state index in [1.165, 1.54) is 11.3 Å². The third kappa shape index (κ3) is 5.76. The molecule has 0 saturated carbocycles. The second-order valence-electron chi connectivity index (χ2n) is 4.46. The van der Waals surface area contributed by atoms with E-state index in [9.17, 15) is 13.2 Å². The Morgan fingerprint density at radius 3 is 2.83 bits per heavy atom. The van der Waals surface area contributed by atoms with Crippen molar-refractivity contribution < 1.29 is 17.9 Å². The highest BCUT2D eigenvalue weighted by atomic mass is 35.5. The van der Waals surface area contributed by atoms with E-state index in [-0.39, 0.29) is 10.0 Å². The number of alkyl halides is 3. The summed E-state index contributed by atoms with van der Waals surface area (Å²) in [6.07, 6.45) is -2.88. The number of hydrogen-bond acceptors (Lipinski definition) is 7. The van der Waals surface area contributed by atoms with Crippen molar-refractivity contribution >= 4 is 39.8 Å². The van der Waals surface area contributed by atoms with Gasteiger partial charge in [0.15, 0.2) is 4.34 Å². The van der Waals surface area contributed by atoms with E-state index in [4.69, 9.17) is 16.3 Å². The fourth-order valence-corrected chi connectivity index (χ4v) is 3.51. The van der Waals surface area contributed by atoms with Gasteiger partial charge < -0.3 is 10.1 Å². The highest BCUT2D eigenvalue weighted by molar-refractivity contribution is 8.01. The molecule has 0 radical (unpaired) electrons. The SMILES string of the molecule is CCOCCCNc1nnc(Sc2ncc(C(F)(F)F)cc2Cl)s1. The molecule has 2 rings (SSSR count). The normalized spacial score (nSPS) is 11.7. The second-order valence-corrected chi connectivity index (χ2v) is 7.08. The summed E-state index contributed by atoms with van der Waals surface area (Å²) < 4.78 is 43.5. The molecule has 0 fully saturated rings. The molecule has 2 aromatic rings. The summed E-state index contributed by atoms with van der Waals surface area (Å²) in [6, 6.07) is 0.852. The first-order chi connectivity index (χ1) is 11.4. The van der Waals surface area contributed by atoms with E-state index >= 15 is 0 Å². The molecule has 11 heteroatoms. The summed E-state index contributed by atoms with van der Waals surface area (Å²) in [4.78, 5) is 3.76. The monoisotopic (exact) mass is 398 g/mol. The molecule has 1 N–H and O–H groups in total. The summed E-state index contributed by atoms with van der Waals surface area (Å²) >= 11 is 8.22. The molecule has 0 atom stereocenters. The van der Waals surface area contributed by atoms with E-state index in [0.717, 1.165) is 30.4 Å². The molecule has 0 aliphatic carbocycles. The van der Waals surface area contributed by atoms with Gasteiger partial charge in [-0.25, -0.2) is 4.98 Å². The van der Waals surface area contributed by atoms with Gasteiger partial charge in [0.05, 0.1) is 10.6 Å². The van der Waals surface area contributed by atoms with Gasteiger partial charge in [0.2, 0.25) is 5.13 Å². The standard InChI is InChI=1S/C13H14ClF3N4OS2/c1-2-22-5-3-4-18-11-20-21-12(24-11)23-10-9(14)6-8(7-19-10)13(15,16)17/h6-7H,2-5H2,1H3,(H,18,20). The lowest BCUT2D eigenvalue weighted by Crippen LogP contribution is -2.05. The fourth-order valence-electron chi connectivity index (χ4n) is 1.57. The first kappa shape index (κ1) is 19.2. The smallest absolute Gasteiger partial charge is 0.382 e. The zero-order valence-electron chi connectivity index (χ0n) is 12.6. The number of nitrogens with zero attached hydrogens (tertiary/aromatic N) is 3. The minimum Gasteiger partial charge on any atom is -0.382 e. The third-order valence-electron chi connectivity index (χ3n) is 2.67. The van der Waals surface area contributed by atoms with Crippen LogP contribution in [0.1, 0.15) is 18.9 Å². The van der Waals surface area contributed by atoms with Gasteiger partial charge in [-0.2, -0.15) is 13.2 Å². The van der Waals surface area contributed by atoms with E-state index in [1.807, 2.05) is 6.92 Å². The van der Waals surface area contributed by atoms with Crippen LogP contribution in [0.25, 0.3) is 0 Å². The van der Waals surface area contributed by atoms with Crippen LogP contribution in [-0.4, -0.2) is 34.9 Å². The number of anilines is 1. The highest BCUT2D eigenvalue weighted by Gasteiger charge is 2.31. The molecule has 0 aliphatic heterocycles. The topological polar surface area (TPSA) is 59.9 Å². The van der Waals surface area contributed by atoms with E-state index in [1.54, 1.807) is 0 Å². The average molecular weight is 399 g/mol. The lowest BCUT2D eigenvalue weighted by molar-refractivity contribution is -0.137. The number of halogens is 4. The van der Waals surface area contributed by atoms with Crippen molar-refractivity contribution in [2.45, 2.75) is 28.9 Å². The van der Waals surface area contributed by atoms with Crippen molar-refractivity contribution in [1.82, 2.24) is 15.2 Å². The zero-order chi connectivity index (χ0) is 17.6. The Kier molecular flexibility index (Phi) is 7.08. The molecule has 0 saturated heterocycles. The van der Waals surface area contributed by atoms with Crippen molar-refractivity contribution in [3.05, 3.63) is 22.8 Å². The fraction of sp³-hybridized carbons (Fsp3) is 0.462. The number of rotatable bonds is 8. The van der Waals surface area contributed by atoms with Crippen LogP contribution in [0.15, 0.2) is 21.6 Å². The van der Waals surface area contributed by atoms with Gasteiger partial charge >= 0.3 is 6.18 Å².